The Bertz CT molecular complexity index is 309. The van der Waals surface area contributed by atoms with Gasteiger partial charge < -0.3 is 11.5 Å². The van der Waals surface area contributed by atoms with Crippen molar-refractivity contribution in [3.63, 3.8) is 0 Å². The molecule has 0 aromatic rings. The van der Waals surface area contributed by atoms with Gasteiger partial charge in [-0.25, -0.2) is 0 Å². The maximum atomic E-state index is 10.5. The Balaban J connectivity index is 3.67. The first-order valence-corrected chi connectivity index (χ1v) is 6.48. The molecule has 1 atom stereocenters. The van der Waals surface area contributed by atoms with Crippen LogP contribution in [0.3, 0.4) is 0 Å². The lowest BCUT2D eigenvalue weighted by Gasteiger charge is -2.11. The van der Waals surface area contributed by atoms with Gasteiger partial charge in [-0.3, -0.25) is 9.59 Å². The van der Waals surface area contributed by atoms with E-state index in [4.69, 9.17) is 11.5 Å². The minimum Gasteiger partial charge on any atom is -0.366 e. The summed E-state index contributed by atoms with van der Waals surface area (Å²) in [5, 5.41) is 0. The summed E-state index contributed by atoms with van der Waals surface area (Å²) in [6, 6.07) is 0. The summed E-state index contributed by atoms with van der Waals surface area (Å²) in [7, 11) is 0. The number of amides is 2. The quantitative estimate of drug-likeness (QED) is 0.460. The zero-order valence-electron chi connectivity index (χ0n) is 11.1. The molecule has 0 saturated heterocycles. The van der Waals surface area contributed by atoms with Crippen molar-refractivity contribution in [2.24, 2.45) is 17.4 Å². The van der Waals surface area contributed by atoms with Crippen LogP contribution in [0.2, 0.25) is 0 Å². The molecule has 4 N–H and O–H groups in total. The number of rotatable bonds is 10. The Labute approximate surface area is 109 Å². The van der Waals surface area contributed by atoms with Crippen LogP contribution in [0.15, 0.2) is 24.3 Å². The van der Waals surface area contributed by atoms with Crippen LogP contribution in [0, 0.1) is 5.92 Å². The second-order valence-corrected chi connectivity index (χ2v) is 4.40. The molecule has 4 heteroatoms. The number of allylic oxidation sites excluding steroid dienone is 2. The lowest BCUT2D eigenvalue weighted by Crippen LogP contribution is -2.06. The molecule has 0 aromatic carbocycles. The molecule has 18 heavy (non-hydrogen) atoms. The Morgan fingerprint density at radius 1 is 1.06 bits per heavy atom. The average molecular weight is 252 g/mol. The van der Waals surface area contributed by atoms with Gasteiger partial charge in [0, 0.05) is 0 Å². The molecule has 0 spiro atoms. The molecule has 0 bridgehead atoms. The molecule has 0 aliphatic heterocycles. The van der Waals surface area contributed by atoms with Gasteiger partial charge in [-0.05, 0) is 37.3 Å². The molecule has 0 aliphatic rings. The normalized spacial score (nSPS) is 13.2. The van der Waals surface area contributed by atoms with Crippen LogP contribution < -0.4 is 11.5 Å². The third kappa shape index (κ3) is 10.9. The van der Waals surface area contributed by atoms with Crippen LogP contribution >= 0.6 is 0 Å². The van der Waals surface area contributed by atoms with E-state index in [0.29, 0.717) is 5.92 Å². The van der Waals surface area contributed by atoms with Crippen molar-refractivity contribution in [2.75, 3.05) is 0 Å². The molecule has 2 amide bonds. The van der Waals surface area contributed by atoms with Gasteiger partial charge >= 0.3 is 0 Å². The fourth-order valence-electron chi connectivity index (χ4n) is 1.76. The minimum atomic E-state index is -0.391. The first-order chi connectivity index (χ1) is 8.56. The molecule has 0 aliphatic carbocycles. The third-order valence-corrected chi connectivity index (χ3v) is 2.84. The molecule has 0 heterocycles. The Morgan fingerprint density at radius 3 is 2.22 bits per heavy atom. The summed E-state index contributed by atoms with van der Waals surface area (Å²) in [5.74, 6) is -0.180. The molecule has 0 radical (unpaired) electrons. The van der Waals surface area contributed by atoms with Gasteiger partial charge in [-0.2, -0.15) is 0 Å². The van der Waals surface area contributed by atoms with E-state index in [2.05, 4.69) is 6.92 Å². The van der Waals surface area contributed by atoms with Crippen molar-refractivity contribution in [1.29, 1.82) is 0 Å². The van der Waals surface area contributed by atoms with Gasteiger partial charge in [0.1, 0.15) is 0 Å². The maximum absolute atomic E-state index is 10.5. The number of carbonyl (C=O) groups excluding carboxylic acids is 2. The van der Waals surface area contributed by atoms with Crippen molar-refractivity contribution in [3.05, 3.63) is 24.3 Å². The molecule has 4 nitrogen and oxygen atoms in total. The summed E-state index contributed by atoms with van der Waals surface area (Å²) in [4.78, 5) is 21.0. The van der Waals surface area contributed by atoms with Crippen molar-refractivity contribution < 1.29 is 9.59 Å². The summed E-state index contributed by atoms with van der Waals surface area (Å²) in [6.45, 7) is 2.15. The van der Waals surface area contributed by atoms with Crippen LogP contribution in [0.5, 0.6) is 0 Å². The van der Waals surface area contributed by atoms with E-state index in [1.165, 1.54) is 12.2 Å². The lowest BCUT2D eigenvalue weighted by atomic mass is 9.95. The summed E-state index contributed by atoms with van der Waals surface area (Å²) in [5.41, 5.74) is 10.0. The van der Waals surface area contributed by atoms with E-state index < -0.39 is 5.91 Å². The van der Waals surface area contributed by atoms with Crippen molar-refractivity contribution in [3.8, 4) is 0 Å². The summed E-state index contributed by atoms with van der Waals surface area (Å²) >= 11 is 0. The number of hydrogen-bond acceptors (Lipinski definition) is 2. The van der Waals surface area contributed by atoms with Crippen molar-refractivity contribution >= 4 is 11.8 Å². The highest BCUT2D eigenvalue weighted by molar-refractivity contribution is 5.85. The first-order valence-electron chi connectivity index (χ1n) is 6.48. The van der Waals surface area contributed by atoms with Crippen LogP contribution in [0.1, 0.15) is 45.4 Å². The highest BCUT2D eigenvalue weighted by Gasteiger charge is 2.03. The number of hydrogen-bond donors (Lipinski definition) is 2. The van der Waals surface area contributed by atoms with Gasteiger partial charge in [0.15, 0.2) is 0 Å². The zero-order valence-corrected chi connectivity index (χ0v) is 11.1. The predicted molar refractivity (Wildman–Crippen MR) is 73.5 cm³/mol. The fraction of sp³-hybridized carbons (Fsp3) is 0.571. The van der Waals surface area contributed by atoms with E-state index in [-0.39, 0.29) is 5.91 Å². The Kier molecular flexibility index (Phi) is 9.64. The molecular weight excluding hydrogens is 228 g/mol. The number of primary amides is 2. The molecular formula is C14H24N2O2. The highest BCUT2D eigenvalue weighted by atomic mass is 16.1. The fourth-order valence-corrected chi connectivity index (χ4v) is 1.76. The van der Waals surface area contributed by atoms with E-state index in [1.54, 1.807) is 0 Å². The molecule has 0 saturated carbocycles. The largest absolute Gasteiger partial charge is 0.366 e. The van der Waals surface area contributed by atoms with Gasteiger partial charge in [-0.1, -0.05) is 38.3 Å². The van der Waals surface area contributed by atoms with Gasteiger partial charge in [-0.15, -0.1) is 0 Å². The van der Waals surface area contributed by atoms with Crippen LogP contribution in [-0.2, 0) is 9.59 Å². The topological polar surface area (TPSA) is 86.2 Å². The third-order valence-electron chi connectivity index (χ3n) is 2.84. The Morgan fingerprint density at radius 2 is 1.67 bits per heavy atom. The smallest absolute Gasteiger partial charge is 0.241 e. The SMILES string of the molecule is CCC(CC=CC(N)=O)CCCCC=CC(N)=O. The second kappa shape index (κ2) is 10.6. The minimum absolute atomic E-state index is 0.388. The van der Waals surface area contributed by atoms with Gasteiger partial charge in [0.05, 0.1) is 0 Å². The average Bonchev–Trinajstić information content (AvgIpc) is 2.30. The molecule has 0 fully saturated rings. The lowest BCUT2D eigenvalue weighted by molar-refractivity contribution is -0.114. The van der Waals surface area contributed by atoms with Crippen LogP contribution in [0.4, 0.5) is 0 Å². The van der Waals surface area contributed by atoms with Crippen molar-refractivity contribution in [1.82, 2.24) is 0 Å². The zero-order chi connectivity index (χ0) is 13.8. The second-order valence-electron chi connectivity index (χ2n) is 4.40. The number of unbranched alkanes of at least 4 members (excludes halogenated alkanes) is 2. The maximum Gasteiger partial charge on any atom is 0.241 e. The first kappa shape index (κ1) is 16.4. The van der Waals surface area contributed by atoms with Crippen molar-refractivity contribution in [2.45, 2.75) is 45.4 Å². The summed E-state index contributed by atoms with van der Waals surface area (Å²) in [6.07, 6.45) is 12.7. The van der Waals surface area contributed by atoms with Crippen LogP contribution in [0.25, 0.3) is 0 Å². The molecule has 0 rings (SSSR count). The Hall–Kier alpha value is -1.58. The van der Waals surface area contributed by atoms with Crippen LogP contribution in [-0.4, -0.2) is 11.8 Å². The van der Waals surface area contributed by atoms with Gasteiger partial charge in [0.2, 0.25) is 11.8 Å². The molecule has 102 valence electrons. The van der Waals surface area contributed by atoms with E-state index in [1.807, 2.05) is 12.2 Å². The monoisotopic (exact) mass is 252 g/mol. The predicted octanol–water partition coefficient (Wildman–Crippen LogP) is 2.05. The number of nitrogens with two attached hydrogens (primary N) is 2. The van der Waals surface area contributed by atoms with Gasteiger partial charge in [0.25, 0.3) is 0 Å². The highest BCUT2D eigenvalue weighted by Crippen LogP contribution is 2.17. The standard InChI is InChI=1S/C14H24N2O2/c1-2-12(9-7-11-14(16)18)8-5-3-4-6-10-13(15)17/h6-7,10-12H,2-5,8-9H2,1H3,(H2,15,17)(H2,16,18). The number of carbonyl (C=O) groups is 2. The molecule has 1 unspecified atom stereocenters. The van der Waals surface area contributed by atoms with E-state index in [0.717, 1.165) is 38.5 Å². The van der Waals surface area contributed by atoms with E-state index in [9.17, 15) is 9.59 Å². The van der Waals surface area contributed by atoms with E-state index >= 15 is 0 Å². The molecule has 0 aromatic heterocycles. The summed E-state index contributed by atoms with van der Waals surface area (Å²) < 4.78 is 0.